The molecule has 0 fully saturated rings. The second kappa shape index (κ2) is 9.03. The van der Waals surface area contributed by atoms with Gasteiger partial charge in [-0.3, -0.25) is 9.59 Å². The summed E-state index contributed by atoms with van der Waals surface area (Å²) in [7, 11) is 1.62. The summed E-state index contributed by atoms with van der Waals surface area (Å²) in [6, 6.07) is 7.64. The van der Waals surface area contributed by atoms with Gasteiger partial charge in [0, 0.05) is 17.5 Å². The fourth-order valence-electron chi connectivity index (χ4n) is 2.58. The van der Waals surface area contributed by atoms with Crippen LogP contribution in [-0.2, 0) is 11.2 Å². The van der Waals surface area contributed by atoms with E-state index < -0.39 is 0 Å². The smallest absolute Gasteiger partial charge is 0.254 e. The van der Waals surface area contributed by atoms with E-state index in [-0.39, 0.29) is 17.2 Å². The first-order valence-corrected chi connectivity index (χ1v) is 10.4. The number of carbonyl (C=O) groups is 1. The molecule has 0 aliphatic rings. The van der Waals surface area contributed by atoms with Gasteiger partial charge in [0.25, 0.3) is 5.56 Å². The Kier molecular flexibility index (Phi) is 6.48. The number of hydrogen-bond donors (Lipinski definition) is 2. The molecule has 1 aromatic carbocycles. The summed E-state index contributed by atoms with van der Waals surface area (Å²) in [5, 5.41) is 3.74. The van der Waals surface area contributed by atoms with Crippen molar-refractivity contribution in [3.05, 3.63) is 52.1 Å². The first kappa shape index (κ1) is 20.1. The molecule has 3 aromatic rings. The molecule has 146 valence electrons. The molecule has 0 unspecified atom stereocenters. The Bertz CT molecular complexity index is 1030. The summed E-state index contributed by atoms with van der Waals surface area (Å²) in [5.41, 5.74) is 2.21. The second-order valence-corrected chi connectivity index (χ2v) is 7.88. The number of aromatic amines is 1. The number of nitrogens with one attached hydrogen (secondary N) is 2. The lowest BCUT2D eigenvalue weighted by Gasteiger charge is -2.05. The lowest BCUT2D eigenvalue weighted by molar-refractivity contribution is -0.113. The first-order valence-electron chi connectivity index (χ1n) is 8.62. The van der Waals surface area contributed by atoms with Crippen molar-refractivity contribution in [1.29, 1.82) is 0 Å². The van der Waals surface area contributed by atoms with Crippen LogP contribution in [-0.4, -0.2) is 33.7 Å². The van der Waals surface area contributed by atoms with E-state index in [1.54, 1.807) is 20.2 Å². The number of nitrogens with zero attached hydrogens (tertiary/aromatic N) is 2. The minimum absolute atomic E-state index is 0.130. The molecule has 0 saturated carbocycles. The fraction of sp³-hybridized carbons (Fsp3) is 0.263. The van der Waals surface area contributed by atoms with E-state index >= 15 is 0 Å². The third-order valence-corrected chi connectivity index (χ3v) is 5.86. The maximum atomic E-state index is 12.2. The third-order valence-electron chi connectivity index (χ3n) is 4.02. The summed E-state index contributed by atoms with van der Waals surface area (Å²) in [6.07, 6.45) is 2.35. The Morgan fingerprint density at radius 3 is 2.71 bits per heavy atom. The third kappa shape index (κ3) is 4.79. The van der Waals surface area contributed by atoms with Crippen molar-refractivity contribution in [1.82, 2.24) is 15.0 Å². The summed E-state index contributed by atoms with van der Waals surface area (Å²) in [5.74, 6) is 0.707. The van der Waals surface area contributed by atoms with Gasteiger partial charge in [-0.2, -0.15) is 0 Å². The Labute approximate surface area is 170 Å². The predicted octanol–water partition coefficient (Wildman–Crippen LogP) is 3.50. The lowest BCUT2D eigenvalue weighted by atomic mass is 10.2. The number of amides is 1. The van der Waals surface area contributed by atoms with Gasteiger partial charge in [-0.05, 0) is 43.2 Å². The van der Waals surface area contributed by atoms with Crippen LogP contribution in [0.3, 0.4) is 0 Å². The van der Waals surface area contributed by atoms with Gasteiger partial charge >= 0.3 is 0 Å². The van der Waals surface area contributed by atoms with E-state index in [9.17, 15) is 9.59 Å². The maximum Gasteiger partial charge on any atom is 0.254 e. The number of ether oxygens (including phenoxy) is 1. The molecular weight excluding hydrogens is 396 g/mol. The van der Waals surface area contributed by atoms with Gasteiger partial charge in [-0.1, -0.05) is 30.0 Å². The van der Waals surface area contributed by atoms with Crippen LogP contribution in [0, 0.1) is 6.92 Å². The molecule has 2 N–H and O–H groups in total. The highest BCUT2D eigenvalue weighted by molar-refractivity contribution is 7.99. The van der Waals surface area contributed by atoms with Crippen LogP contribution in [0.15, 0.2) is 40.4 Å². The molecule has 1 amide bonds. The van der Waals surface area contributed by atoms with Crippen LogP contribution < -0.4 is 15.6 Å². The van der Waals surface area contributed by atoms with Gasteiger partial charge in [0.1, 0.15) is 5.75 Å². The molecular formula is C19H20N4O3S2. The van der Waals surface area contributed by atoms with Crippen molar-refractivity contribution >= 4 is 34.1 Å². The summed E-state index contributed by atoms with van der Waals surface area (Å²) < 4.78 is 5.16. The number of thiazole rings is 1. The number of methoxy groups -OCH3 is 1. The van der Waals surface area contributed by atoms with E-state index in [0.29, 0.717) is 28.0 Å². The summed E-state index contributed by atoms with van der Waals surface area (Å²) in [6.45, 7) is 3.71. The van der Waals surface area contributed by atoms with Crippen LogP contribution in [0.4, 0.5) is 5.13 Å². The van der Waals surface area contributed by atoms with Crippen molar-refractivity contribution in [2.75, 3.05) is 18.2 Å². The number of thioether (sulfide) groups is 1. The van der Waals surface area contributed by atoms with Gasteiger partial charge < -0.3 is 15.0 Å². The van der Waals surface area contributed by atoms with E-state index in [0.717, 1.165) is 16.2 Å². The molecule has 2 aromatic heterocycles. The average Bonchev–Trinajstić information content (AvgIpc) is 3.14. The van der Waals surface area contributed by atoms with E-state index in [2.05, 4.69) is 20.3 Å². The van der Waals surface area contributed by atoms with Crippen LogP contribution in [0.2, 0.25) is 0 Å². The van der Waals surface area contributed by atoms with Crippen molar-refractivity contribution in [2.45, 2.75) is 25.4 Å². The molecule has 0 aliphatic heterocycles. The minimum Gasteiger partial charge on any atom is -0.497 e. The quantitative estimate of drug-likeness (QED) is 0.452. The van der Waals surface area contributed by atoms with Crippen molar-refractivity contribution < 1.29 is 9.53 Å². The fourth-order valence-corrected chi connectivity index (χ4v) is 4.12. The highest BCUT2D eigenvalue weighted by Crippen LogP contribution is 2.30. The topological polar surface area (TPSA) is 97.0 Å². The SMILES string of the molecule is CCc1c(C)nc(SCC(=O)Nc2ncc(-c3ccc(OC)cc3)s2)[nH]c1=O. The largest absolute Gasteiger partial charge is 0.497 e. The Morgan fingerprint density at radius 1 is 1.32 bits per heavy atom. The van der Waals surface area contributed by atoms with Gasteiger partial charge in [-0.25, -0.2) is 9.97 Å². The van der Waals surface area contributed by atoms with E-state index in [1.807, 2.05) is 31.2 Å². The van der Waals surface area contributed by atoms with Crippen LogP contribution in [0.5, 0.6) is 5.75 Å². The van der Waals surface area contributed by atoms with E-state index in [4.69, 9.17) is 4.74 Å². The Hall–Kier alpha value is -2.65. The zero-order valence-electron chi connectivity index (χ0n) is 15.7. The molecule has 2 heterocycles. The predicted molar refractivity (Wildman–Crippen MR) is 112 cm³/mol. The van der Waals surface area contributed by atoms with Crippen LogP contribution in [0.1, 0.15) is 18.2 Å². The molecule has 0 spiro atoms. The molecule has 0 aliphatic carbocycles. The van der Waals surface area contributed by atoms with Crippen molar-refractivity contribution in [3.63, 3.8) is 0 Å². The molecule has 0 bridgehead atoms. The van der Waals surface area contributed by atoms with Crippen LogP contribution >= 0.6 is 23.1 Å². The number of aryl methyl sites for hydroxylation is 1. The Morgan fingerprint density at radius 2 is 2.07 bits per heavy atom. The maximum absolute atomic E-state index is 12.2. The molecule has 0 radical (unpaired) electrons. The number of carbonyl (C=O) groups excluding carboxylic acids is 1. The van der Waals surface area contributed by atoms with E-state index in [1.165, 1.54) is 23.1 Å². The number of hydrogen-bond acceptors (Lipinski definition) is 7. The van der Waals surface area contributed by atoms with Crippen molar-refractivity contribution in [2.24, 2.45) is 0 Å². The molecule has 9 heteroatoms. The molecule has 0 atom stereocenters. The monoisotopic (exact) mass is 416 g/mol. The van der Waals surface area contributed by atoms with Crippen molar-refractivity contribution in [3.8, 4) is 16.2 Å². The zero-order chi connectivity index (χ0) is 20.1. The van der Waals surface area contributed by atoms with Gasteiger partial charge in [0.2, 0.25) is 5.91 Å². The number of benzene rings is 1. The number of anilines is 1. The normalized spacial score (nSPS) is 10.7. The molecule has 0 saturated heterocycles. The van der Waals surface area contributed by atoms with Gasteiger partial charge in [-0.15, -0.1) is 0 Å². The highest BCUT2D eigenvalue weighted by atomic mass is 32.2. The molecule has 28 heavy (non-hydrogen) atoms. The summed E-state index contributed by atoms with van der Waals surface area (Å²) >= 11 is 2.58. The molecule has 7 nitrogen and oxygen atoms in total. The Balaban J connectivity index is 1.59. The highest BCUT2D eigenvalue weighted by Gasteiger charge is 2.11. The summed E-state index contributed by atoms with van der Waals surface area (Å²) in [4.78, 5) is 36.4. The first-order chi connectivity index (χ1) is 13.5. The van der Waals surface area contributed by atoms with Gasteiger partial charge in [0.15, 0.2) is 10.3 Å². The standard InChI is InChI=1S/C19H20N4O3S2/c1-4-14-11(2)21-19(23-17(14)25)27-10-16(24)22-18-20-9-15(28-18)12-5-7-13(26-3)8-6-12/h5-9H,4,10H2,1-3H3,(H,20,22,24)(H,21,23,25). The van der Waals surface area contributed by atoms with Gasteiger partial charge in [0.05, 0.1) is 17.7 Å². The number of aromatic nitrogens is 3. The average molecular weight is 417 g/mol. The van der Waals surface area contributed by atoms with Crippen LogP contribution in [0.25, 0.3) is 10.4 Å². The zero-order valence-corrected chi connectivity index (χ0v) is 17.4. The number of rotatable bonds is 7. The molecule has 3 rings (SSSR count). The minimum atomic E-state index is -0.208. The lowest BCUT2D eigenvalue weighted by Crippen LogP contribution is -2.18. The second-order valence-electron chi connectivity index (χ2n) is 5.88. The number of H-pyrrole nitrogens is 1.